The Morgan fingerprint density at radius 3 is 2.41 bits per heavy atom. The quantitative estimate of drug-likeness (QED) is 0.349. The van der Waals surface area contributed by atoms with Crippen molar-refractivity contribution < 1.29 is 45.1 Å². The lowest BCUT2D eigenvalue weighted by molar-refractivity contribution is -0.162. The van der Waals surface area contributed by atoms with E-state index < -0.39 is 55.9 Å². The van der Waals surface area contributed by atoms with Gasteiger partial charge in [-0.2, -0.15) is 13.2 Å². The Balaban J connectivity index is 1.84. The van der Waals surface area contributed by atoms with Crippen molar-refractivity contribution in [1.82, 2.24) is 14.8 Å². The number of nitrogens with zero attached hydrogens (tertiary/aromatic N) is 2. The van der Waals surface area contributed by atoms with Crippen LogP contribution in [0.15, 0.2) is 23.1 Å². The predicted octanol–water partition coefficient (Wildman–Crippen LogP) is 3.81. The molecule has 1 fully saturated rings. The molecule has 1 aromatic heterocycles. The lowest BCUT2D eigenvalue weighted by atomic mass is 9.91. The van der Waals surface area contributed by atoms with Gasteiger partial charge in [0.1, 0.15) is 21.9 Å². The smallest absolute Gasteiger partial charge is 0.408 e. The molecule has 1 aliphatic rings. The zero-order valence-electron chi connectivity index (χ0n) is 22.2. The summed E-state index contributed by atoms with van der Waals surface area (Å²) in [5, 5.41) is 3.50. The number of rotatable bonds is 7. The summed E-state index contributed by atoms with van der Waals surface area (Å²) in [6, 6.07) is 1.17. The fourth-order valence-electron chi connectivity index (χ4n) is 4.12. The van der Waals surface area contributed by atoms with Crippen LogP contribution in [0, 0.1) is 11.2 Å². The van der Waals surface area contributed by atoms with E-state index in [2.05, 4.69) is 5.32 Å². The molecule has 2 N–H and O–H groups in total. The average molecular weight is 645 g/mol. The lowest BCUT2D eigenvalue weighted by Gasteiger charge is -2.25. The number of ether oxygens (including phenoxy) is 1. The number of halogens is 6. The van der Waals surface area contributed by atoms with Gasteiger partial charge in [-0.15, -0.1) is 0 Å². The van der Waals surface area contributed by atoms with Crippen LogP contribution in [-0.4, -0.2) is 73.8 Å². The highest BCUT2D eigenvalue weighted by atomic mass is 35.5. The highest BCUT2D eigenvalue weighted by molar-refractivity contribution is 7.91. The van der Waals surface area contributed by atoms with Gasteiger partial charge in [-0.3, -0.25) is 14.4 Å². The molecule has 2 aromatic rings. The van der Waals surface area contributed by atoms with Gasteiger partial charge < -0.3 is 24.8 Å². The zero-order chi connectivity index (χ0) is 31.1. The minimum Gasteiger partial charge on any atom is -0.489 e. The van der Waals surface area contributed by atoms with Gasteiger partial charge >= 0.3 is 18.0 Å². The fourth-order valence-corrected chi connectivity index (χ4v) is 5.83. The van der Waals surface area contributed by atoms with Crippen molar-refractivity contribution in [3.05, 3.63) is 39.9 Å². The van der Waals surface area contributed by atoms with E-state index in [1.54, 1.807) is 12.2 Å². The van der Waals surface area contributed by atoms with Crippen LogP contribution in [0.2, 0.25) is 10.2 Å². The van der Waals surface area contributed by atoms with Gasteiger partial charge in [0.25, 0.3) is 5.91 Å². The summed E-state index contributed by atoms with van der Waals surface area (Å²) in [7, 11) is -2.72. The number of alkyl halides is 3. The molecule has 1 saturated heterocycles. The minimum atomic E-state index is -4.73. The number of sulfone groups is 1. The van der Waals surface area contributed by atoms with Crippen LogP contribution >= 0.6 is 23.2 Å². The van der Waals surface area contributed by atoms with E-state index in [0.717, 1.165) is 27.9 Å². The monoisotopic (exact) mass is 644 g/mol. The maximum atomic E-state index is 13.5. The largest absolute Gasteiger partial charge is 0.489 e. The van der Waals surface area contributed by atoms with Gasteiger partial charge in [-0.1, -0.05) is 30.1 Å². The number of carbonyl (C=O) groups excluding carboxylic acids is 3. The van der Waals surface area contributed by atoms with E-state index in [9.17, 15) is 40.4 Å². The van der Waals surface area contributed by atoms with Gasteiger partial charge in [0, 0.05) is 37.5 Å². The maximum Gasteiger partial charge on any atom is 0.408 e. The molecule has 0 unspecified atom stereocenters. The Morgan fingerprint density at radius 1 is 1.22 bits per heavy atom. The molecular weight excluding hydrogens is 619 g/mol. The van der Waals surface area contributed by atoms with Crippen LogP contribution in [0.25, 0.3) is 0 Å². The maximum absolute atomic E-state index is 13.5. The summed E-state index contributed by atoms with van der Waals surface area (Å²) in [4.78, 5) is 38.4. The number of nitrogens with one attached hydrogen (secondary N) is 2. The molecule has 226 valence electrons. The first-order valence-electron chi connectivity index (χ1n) is 11.9. The number of hydrogen-bond donors (Lipinski definition) is 2. The second-order valence-corrected chi connectivity index (χ2v) is 12.7. The van der Waals surface area contributed by atoms with E-state index in [0.29, 0.717) is 6.92 Å². The first-order valence-corrected chi connectivity index (χ1v) is 14.5. The molecule has 2 heterocycles. The van der Waals surface area contributed by atoms with Crippen molar-refractivity contribution in [2.75, 3.05) is 31.3 Å². The first kappa shape index (κ1) is 32.5. The van der Waals surface area contributed by atoms with E-state index in [1.165, 1.54) is 13.1 Å². The van der Waals surface area contributed by atoms with Gasteiger partial charge in [0.2, 0.25) is 0 Å². The Labute approximate surface area is 242 Å². The second-order valence-electron chi connectivity index (χ2n) is 10.0. The molecule has 2 atom stereocenters. The second kappa shape index (κ2) is 11.7. The molecule has 10 nitrogen and oxygen atoms in total. The molecule has 0 spiro atoms. The summed E-state index contributed by atoms with van der Waals surface area (Å²) < 4.78 is 84.0. The number of likely N-dealkylation sites (tertiary alicyclic amines) is 1. The number of carbonyl (C=O) groups is 3. The third kappa shape index (κ3) is 7.25. The van der Waals surface area contributed by atoms with Crippen molar-refractivity contribution in [3.8, 4) is 5.75 Å². The summed E-state index contributed by atoms with van der Waals surface area (Å²) in [5.74, 6) is -4.55. The van der Waals surface area contributed by atoms with E-state index >= 15 is 0 Å². The van der Waals surface area contributed by atoms with Crippen molar-refractivity contribution >= 4 is 56.4 Å². The summed E-state index contributed by atoms with van der Waals surface area (Å²) >= 11 is 12.0. The van der Waals surface area contributed by atoms with Crippen LogP contribution < -0.4 is 15.4 Å². The van der Waals surface area contributed by atoms with Gasteiger partial charge in [0.15, 0.2) is 21.3 Å². The lowest BCUT2D eigenvalue weighted by Crippen LogP contribution is -2.50. The number of benzene rings is 1. The standard InChI is InChI=1S/C24H26Cl2F4N4O6S/c1-12(24(28,29)30)31-21(36)22(37)34-8-7-23(2,10-34)11-40-17-16(33(3)19(26)18(17)41(4,38)39)20(35)32-13-5-6-15(27)14(25)9-13/h5-6,9,12H,7-8,10-11H2,1-4H3,(H,31,36)(H,32,35)/t12-,23+/m1/s1. The topological polar surface area (TPSA) is 127 Å². The van der Waals surface area contributed by atoms with Crippen LogP contribution in [-0.2, 0) is 26.5 Å². The third-order valence-corrected chi connectivity index (χ3v) is 8.41. The van der Waals surface area contributed by atoms with E-state index in [-0.39, 0.29) is 53.4 Å². The molecular formula is C24H26Cl2F4N4O6S. The van der Waals surface area contributed by atoms with Gasteiger partial charge in [-0.05, 0) is 31.5 Å². The van der Waals surface area contributed by atoms with Crippen LogP contribution in [0.4, 0.5) is 23.2 Å². The SMILES string of the molecule is C[C@@H](NC(=O)C(=O)N1CC[C@](C)(COc2c(S(C)(=O)=O)c(Cl)n(C)c2C(=O)Nc2ccc(F)c(Cl)c2)C1)C(F)(F)F. The number of anilines is 1. The highest BCUT2D eigenvalue weighted by Gasteiger charge is 2.42. The fraction of sp³-hybridized carbons (Fsp3) is 0.458. The first-order chi connectivity index (χ1) is 18.7. The molecule has 41 heavy (non-hydrogen) atoms. The van der Waals surface area contributed by atoms with E-state index in [1.807, 2.05) is 0 Å². The minimum absolute atomic E-state index is 0.0136. The Bertz CT molecular complexity index is 1500. The van der Waals surface area contributed by atoms with E-state index in [4.69, 9.17) is 27.9 Å². The highest BCUT2D eigenvalue weighted by Crippen LogP contribution is 2.40. The van der Waals surface area contributed by atoms with Crippen LogP contribution in [0.5, 0.6) is 5.75 Å². The van der Waals surface area contributed by atoms with Gasteiger partial charge in [0.05, 0.1) is 11.6 Å². The molecule has 3 rings (SSSR count). The van der Waals surface area contributed by atoms with Crippen molar-refractivity contribution in [2.24, 2.45) is 12.5 Å². The molecule has 0 bridgehead atoms. The normalized spacial score (nSPS) is 18.2. The molecule has 1 aromatic carbocycles. The molecule has 0 radical (unpaired) electrons. The molecule has 0 saturated carbocycles. The Hall–Kier alpha value is -3.04. The molecule has 3 amide bonds. The average Bonchev–Trinajstić information content (AvgIpc) is 3.36. The summed E-state index contributed by atoms with van der Waals surface area (Å²) in [6.07, 6.45) is -3.63. The van der Waals surface area contributed by atoms with Crippen molar-refractivity contribution in [2.45, 2.75) is 37.4 Å². The number of amides is 3. The molecule has 0 aliphatic carbocycles. The zero-order valence-corrected chi connectivity index (χ0v) is 24.5. The Morgan fingerprint density at radius 2 is 1.85 bits per heavy atom. The molecule has 1 aliphatic heterocycles. The van der Waals surface area contributed by atoms with Crippen LogP contribution in [0.3, 0.4) is 0 Å². The van der Waals surface area contributed by atoms with Crippen molar-refractivity contribution in [1.29, 1.82) is 0 Å². The predicted molar refractivity (Wildman–Crippen MR) is 141 cm³/mol. The Kier molecular flexibility index (Phi) is 9.25. The summed E-state index contributed by atoms with van der Waals surface area (Å²) in [6.45, 7) is 2.00. The summed E-state index contributed by atoms with van der Waals surface area (Å²) in [5.41, 5.74) is -1.08. The number of hydrogen-bond acceptors (Lipinski definition) is 6. The van der Waals surface area contributed by atoms with Crippen LogP contribution in [0.1, 0.15) is 30.8 Å². The number of aromatic nitrogens is 1. The van der Waals surface area contributed by atoms with Gasteiger partial charge in [-0.25, -0.2) is 12.8 Å². The van der Waals surface area contributed by atoms with Crippen molar-refractivity contribution in [3.63, 3.8) is 0 Å². The third-order valence-electron chi connectivity index (χ3n) is 6.44. The molecule has 17 heteroatoms.